The van der Waals surface area contributed by atoms with E-state index in [1.54, 1.807) is 18.3 Å². The van der Waals surface area contributed by atoms with Crippen LogP contribution in [0.15, 0.2) is 60.8 Å². The molecule has 2 atom stereocenters. The second kappa shape index (κ2) is 6.99. The number of hydrogen-bond acceptors (Lipinski definition) is 5. The fourth-order valence-corrected chi connectivity index (χ4v) is 4.09. The first kappa shape index (κ1) is 17.5. The Morgan fingerprint density at radius 1 is 1.26 bits per heavy atom. The largest absolute Gasteiger partial charge is 0.465 e. The molecule has 2 fully saturated rings. The Kier molecular flexibility index (Phi) is 4.52. The molecule has 0 spiro atoms. The number of rotatable bonds is 5. The third-order valence-electron chi connectivity index (χ3n) is 5.49. The van der Waals surface area contributed by atoms with Gasteiger partial charge in [-0.05, 0) is 49.1 Å². The number of pyridine rings is 1. The highest BCUT2D eigenvalue weighted by atomic mass is 16.5. The number of allylic oxidation sites excluding steroid dienone is 1. The molecule has 1 aliphatic carbocycles. The number of nitrogens with zero attached hydrogens (tertiary/aromatic N) is 1. The number of fused-ring (bicyclic) bond motifs is 1. The highest BCUT2D eigenvalue weighted by Crippen LogP contribution is 2.52. The summed E-state index contributed by atoms with van der Waals surface area (Å²) in [4.78, 5) is 28.7. The molecule has 1 aromatic carbocycles. The van der Waals surface area contributed by atoms with Crippen LogP contribution in [-0.2, 0) is 27.3 Å². The van der Waals surface area contributed by atoms with Gasteiger partial charge in [0.25, 0.3) is 0 Å². The van der Waals surface area contributed by atoms with Crippen molar-refractivity contribution in [3.63, 3.8) is 0 Å². The van der Waals surface area contributed by atoms with E-state index in [1.165, 1.54) is 0 Å². The molecule has 1 saturated heterocycles. The smallest absolute Gasteiger partial charge is 0.338 e. The fourth-order valence-electron chi connectivity index (χ4n) is 4.09. The van der Waals surface area contributed by atoms with E-state index in [2.05, 4.69) is 11.6 Å². The Morgan fingerprint density at radius 2 is 2.07 bits per heavy atom. The number of cyclic esters (lactones) is 1. The van der Waals surface area contributed by atoms with Crippen LogP contribution in [0.4, 0.5) is 0 Å². The van der Waals surface area contributed by atoms with E-state index in [4.69, 9.17) is 9.47 Å². The Morgan fingerprint density at radius 3 is 2.81 bits per heavy atom. The molecule has 0 amide bonds. The topological polar surface area (TPSA) is 65.5 Å². The molecular formula is C22H21NO4. The number of esters is 2. The SMILES string of the molecule is C=C1CC2COC(=O)C2(Cc2ccc(C(=O)OCc3ccccn3)cc2)C1. The first-order chi connectivity index (χ1) is 13.1. The Labute approximate surface area is 158 Å². The maximum atomic E-state index is 12.4. The van der Waals surface area contributed by atoms with E-state index in [1.807, 2.05) is 30.3 Å². The minimum absolute atomic E-state index is 0.120. The summed E-state index contributed by atoms with van der Waals surface area (Å²) >= 11 is 0. The third kappa shape index (κ3) is 3.37. The lowest BCUT2D eigenvalue weighted by Gasteiger charge is -2.24. The van der Waals surface area contributed by atoms with Crippen molar-refractivity contribution < 1.29 is 19.1 Å². The minimum Gasteiger partial charge on any atom is -0.465 e. The van der Waals surface area contributed by atoms with Crippen LogP contribution in [-0.4, -0.2) is 23.5 Å². The zero-order chi connectivity index (χ0) is 18.9. The number of aromatic nitrogens is 1. The number of ether oxygens (including phenoxy) is 2. The van der Waals surface area contributed by atoms with Crippen molar-refractivity contribution >= 4 is 11.9 Å². The first-order valence-electron chi connectivity index (χ1n) is 9.07. The average molecular weight is 363 g/mol. The lowest BCUT2D eigenvalue weighted by atomic mass is 9.75. The zero-order valence-electron chi connectivity index (χ0n) is 15.0. The number of carbonyl (C=O) groups excluding carboxylic acids is 2. The van der Waals surface area contributed by atoms with E-state index < -0.39 is 11.4 Å². The number of carbonyl (C=O) groups is 2. The van der Waals surface area contributed by atoms with Crippen LogP contribution in [0, 0.1) is 11.3 Å². The quantitative estimate of drug-likeness (QED) is 0.601. The predicted octanol–water partition coefficient (Wildman–Crippen LogP) is 3.49. The van der Waals surface area contributed by atoms with Crippen LogP contribution in [0.3, 0.4) is 0 Å². The lowest BCUT2D eigenvalue weighted by Crippen LogP contribution is -2.31. The summed E-state index contributed by atoms with van der Waals surface area (Å²) in [7, 11) is 0. The van der Waals surface area contributed by atoms with Crippen LogP contribution in [0.2, 0.25) is 0 Å². The van der Waals surface area contributed by atoms with Crippen molar-refractivity contribution in [2.75, 3.05) is 6.61 Å². The van der Waals surface area contributed by atoms with Gasteiger partial charge in [-0.2, -0.15) is 0 Å². The Hall–Kier alpha value is -2.95. The Balaban J connectivity index is 1.42. The molecule has 138 valence electrons. The van der Waals surface area contributed by atoms with Gasteiger partial charge >= 0.3 is 11.9 Å². The molecule has 1 aliphatic heterocycles. The van der Waals surface area contributed by atoms with Gasteiger partial charge in [-0.15, -0.1) is 0 Å². The molecule has 2 aromatic rings. The second-order valence-corrected chi connectivity index (χ2v) is 7.35. The van der Waals surface area contributed by atoms with Gasteiger partial charge in [0.2, 0.25) is 0 Å². The second-order valence-electron chi connectivity index (χ2n) is 7.35. The maximum Gasteiger partial charge on any atom is 0.338 e. The summed E-state index contributed by atoms with van der Waals surface area (Å²) in [5.41, 5.74) is 2.82. The number of benzene rings is 1. The molecule has 2 unspecified atom stereocenters. The van der Waals surface area contributed by atoms with Crippen molar-refractivity contribution in [3.8, 4) is 0 Å². The summed E-state index contributed by atoms with van der Waals surface area (Å²) in [6.07, 6.45) is 3.81. The Bertz CT molecular complexity index is 875. The van der Waals surface area contributed by atoms with Gasteiger partial charge < -0.3 is 9.47 Å². The minimum atomic E-state index is -0.488. The molecule has 4 rings (SSSR count). The van der Waals surface area contributed by atoms with E-state index in [0.29, 0.717) is 30.7 Å². The predicted molar refractivity (Wildman–Crippen MR) is 98.8 cm³/mol. The molecular weight excluding hydrogens is 342 g/mol. The van der Waals surface area contributed by atoms with Crippen LogP contribution in [0.25, 0.3) is 0 Å². The van der Waals surface area contributed by atoms with Gasteiger partial charge in [0.15, 0.2) is 0 Å². The van der Waals surface area contributed by atoms with Crippen LogP contribution < -0.4 is 0 Å². The summed E-state index contributed by atoms with van der Waals surface area (Å²) in [5, 5.41) is 0. The van der Waals surface area contributed by atoms with Gasteiger partial charge in [0, 0.05) is 12.1 Å². The summed E-state index contributed by atoms with van der Waals surface area (Å²) in [6, 6.07) is 12.7. The van der Waals surface area contributed by atoms with E-state index in [9.17, 15) is 9.59 Å². The van der Waals surface area contributed by atoms with Gasteiger partial charge in [0.1, 0.15) is 6.61 Å². The van der Waals surface area contributed by atoms with Crippen molar-refractivity contribution in [3.05, 3.63) is 77.6 Å². The molecule has 0 N–H and O–H groups in total. The maximum absolute atomic E-state index is 12.4. The molecule has 5 heteroatoms. The summed E-state index contributed by atoms with van der Waals surface area (Å²) in [6.45, 7) is 4.69. The molecule has 0 bridgehead atoms. The van der Waals surface area contributed by atoms with Gasteiger partial charge in [-0.1, -0.05) is 30.4 Å². The molecule has 5 nitrogen and oxygen atoms in total. The van der Waals surface area contributed by atoms with Crippen LogP contribution in [0.1, 0.15) is 34.5 Å². The van der Waals surface area contributed by atoms with Crippen molar-refractivity contribution in [2.45, 2.75) is 25.9 Å². The molecule has 2 aliphatic rings. The van der Waals surface area contributed by atoms with E-state index in [-0.39, 0.29) is 18.5 Å². The molecule has 2 heterocycles. The van der Waals surface area contributed by atoms with Crippen molar-refractivity contribution in [1.29, 1.82) is 0 Å². The molecule has 1 saturated carbocycles. The average Bonchev–Trinajstić information content (AvgIpc) is 3.15. The summed E-state index contributed by atoms with van der Waals surface area (Å²) in [5.74, 6) is -0.303. The monoisotopic (exact) mass is 363 g/mol. The van der Waals surface area contributed by atoms with Crippen molar-refractivity contribution in [1.82, 2.24) is 4.98 Å². The zero-order valence-corrected chi connectivity index (χ0v) is 15.0. The normalized spacial score (nSPS) is 23.8. The lowest BCUT2D eigenvalue weighted by molar-refractivity contribution is -0.146. The summed E-state index contributed by atoms with van der Waals surface area (Å²) < 4.78 is 10.6. The highest BCUT2D eigenvalue weighted by Gasteiger charge is 2.55. The highest BCUT2D eigenvalue weighted by molar-refractivity contribution is 5.89. The fraction of sp³-hybridized carbons (Fsp3) is 0.318. The first-order valence-corrected chi connectivity index (χ1v) is 9.07. The van der Waals surface area contributed by atoms with Gasteiger partial charge in [0.05, 0.1) is 23.3 Å². The number of hydrogen-bond donors (Lipinski definition) is 0. The van der Waals surface area contributed by atoms with Gasteiger partial charge in [-0.25, -0.2) is 4.79 Å². The van der Waals surface area contributed by atoms with Crippen LogP contribution >= 0.6 is 0 Å². The van der Waals surface area contributed by atoms with Crippen molar-refractivity contribution in [2.24, 2.45) is 11.3 Å². The standard InChI is InChI=1S/C22H21NO4/c1-15-10-18-13-27-21(25)22(18,11-15)12-16-5-7-17(8-6-16)20(24)26-14-19-4-2-3-9-23-19/h2-9,18H,1,10-14H2. The molecule has 27 heavy (non-hydrogen) atoms. The molecule has 1 aromatic heterocycles. The van der Waals surface area contributed by atoms with Gasteiger partial charge in [-0.3, -0.25) is 9.78 Å². The van der Waals surface area contributed by atoms with Crippen LogP contribution in [0.5, 0.6) is 0 Å². The van der Waals surface area contributed by atoms with E-state index in [0.717, 1.165) is 17.6 Å². The van der Waals surface area contributed by atoms with E-state index >= 15 is 0 Å². The molecule has 0 radical (unpaired) electrons. The third-order valence-corrected chi connectivity index (χ3v) is 5.49.